The summed E-state index contributed by atoms with van der Waals surface area (Å²) in [4.78, 5) is 14.0. The fraction of sp³-hybridized carbons (Fsp3) is 0.0870. The molecule has 0 atom stereocenters. The summed E-state index contributed by atoms with van der Waals surface area (Å²) in [6.07, 6.45) is 0. The number of thiophene rings is 1. The van der Waals surface area contributed by atoms with Crippen molar-refractivity contribution in [2.45, 2.75) is 5.51 Å². The zero-order chi connectivity index (χ0) is 24.7. The molecule has 0 amide bonds. The van der Waals surface area contributed by atoms with E-state index >= 15 is 0 Å². The topological polar surface area (TPSA) is 69.7 Å². The molecule has 0 aliphatic carbocycles. The first-order valence-electron chi connectivity index (χ1n) is 9.52. The number of methoxy groups -OCH3 is 1. The summed E-state index contributed by atoms with van der Waals surface area (Å²) in [5.41, 5.74) is -4.58. The Balaban J connectivity index is 1.77. The minimum atomic E-state index is -5.83. The quantitative estimate of drug-likeness (QED) is 0.134. The maximum absolute atomic E-state index is 13.5. The van der Waals surface area contributed by atoms with Gasteiger partial charge in [-0.2, -0.15) is 21.6 Å². The number of benzene rings is 3. The fourth-order valence-electron chi connectivity index (χ4n) is 3.21. The van der Waals surface area contributed by atoms with Crippen LogP contribution in [0.2, 0.25) is 0 Å². The van der Waals surface area contributed by atoms with Gasteiger partial charge in [0.2, 0.25) is 0 Å². The van der Waals surface area contributed by atoms with Gasteiger partial charge in [0.05, 0.1) is 7.11 Å². The number of alkyl halides is 3. The lowest BCUT2D eigenvalue weighted by molar-refractivity contribution is -0.0500. The second kappa shape index (κ2) is 8.73. The summed E-state index contributed by atoms with van der Waals surface area (Å²) in [6, 6.07) is 15.0. The number of fused-ring (bicyclic) bond motifs is 1. The van der Waals surface area contributed by atoms with Crippen molar-refractivity contribution < 1.29 is 39.7 Å². The normalized spacial score (nSPS) is 12.0. The van der Waals surface area contributed by atoms with E-state index in [0.29, 0.717) is 27.1 Å². The maximum Gasteiger partial charge on any atom is 0.534 e. The van der Waals surface area contributed by atoms with Gasteiger partial charge in [-0.3, -0.25) is 4.79 Å². The molecule has 0 saturated heterocycles. The predicted molar refractivity (Wildman–Crippen MR) is 119 cm³/mol. The first kappa shape index (κ1) is 23.7. The number of hydrogen-bond donors (Lipinski definition) is 0. The number of carbonyl (C=O) groups is 1. The van der Waals surface area contributed by atoms with Gasteiger partial charge in [0.25, 0.3) is 0 Å². The molecule has 11 heteroatoms. The van der Waals surface area contributed by atoms with E-state index in [2.05, 4.69) is 4.18 Å². The summed E-state index contributed by atoms with van der Waals surface area (Å²) in [7, 11) is -4.33. The van der Waals surface area contributed by atoms with Gasteiger partial charge in [-0.15, -0.1) is 11.3 Å². The van der Waals surface area contributed by atoms with Gasteiger partial charge >= 0.3 is 15.6 Å². The minimum Gasteiger partial charge on any atom is -0.497 e. The van der Waals surface area contributed by atoms with Crippen molar-refractivity contribution in [3.63, 3.8) is 0 Å². The molecule has 1 heterocycles. The molecule has 0 N–H and O–H groups in total. The van der Waals surface area contributed by atoms with Crippen molar-refractivity contribution in [2.24, 2.45) is 0 Å². The SMILES string of the molecule is COc1ccc2c(C(=O)c3ccc(OS(=O)(=O)C(F)(F)F)cc3)c(-c3ccc(F)cc3)sc2c1. The molecule has 0 bridgehead atoms. The van der Waals surface area contributed by atoms with Crippen molar-refractivity contribution in [2.75, 3.05) is 7.11 Å². The van der Waals surface area contributed by atoms with Crippen LogP contribution >= 0.6 is 11.3 Å². The Morgan fingerprint density at radius 3 is 2.12 bits per heavy atom. The van der Waals surface area contributed by atoms with Crippen LogP contribution in [-0.2, 0) is 10.1 Å². The molecule has 34 heavy (non-hydrogen) atoms. The Bertz CT molecular complexity index is 1470. The molecule has 3 aromatic carbocycles. The highest BCUT2D eigenvalue weighted by Gasteiger charge is 2.48. The highest BCUT2D eigenvalue weighted by Crippen LogP contribution is 2.41. The number of ether oxygens (including phenoxy) is 1. The van der Waals surface area contributed by atoms with Gasteiger partial charge in [-0.25, -0.2) is 4.39 Å². The molecule has 0 unspecified atom stereocenters. The highest BCUT2D eigenvalue weighted by atomic mass is 32.2. The molecule has 0 spiro atoms. The number of hydrogen-bond acceptors (Lipinski definition) is 6. The van der Waals surface area contributed by atoms with Crippen LogP contribution in [-0.4, -0.2) is 26.8 Å². The van der Waals surface area contributed by atoms with Crippen molar-refractivity contribution in [1.82, 2.24) is 0 Å². The summed E-state index contributed by atoms with van der Waals surface area (Å²) in [6.45, 7) is 0. The summed E-state index contributed by atoms with van der Waals surface area (Å²) in [5, 5.41) is 0.607. The molecule has 5 nitrogen and oxygen atoms in total. The van der Waals surface area contributed by atoms with E-state index in [0.717, 1.165) is 16.8 Å². The molecule has 0 fully saturated rings. The zero-order valence-electron chi connectivity index (χ0n) is 17.2. The molecule has 176 valence electrons. The van der Waals surface area contributed by atoms with Gasteiger partial charge < -0.3 is 8.92 Å². The Hall–Kier alpha value is -3.44. The molecular formula is C23H14F4O5S2. The summed E-state index contributed by atoms with van der Waals surface area (Å²) < 4.78 is 83.6. The smallest absolute Gasteiger partial charge is 0.497 e. The van der Waals surface area contributed by atoms with Gasteiger partial charge in [-0.1, -0.05) is 12.1 Å². The van der Waals surface area contributed by atoms with E-state index in [-0.39, 0.29) is 5.56 Å². The third kappa shape index (κ3) is 4.48. The van der Waals surface area contributed by atoms with E-state index in [1.54, 1.807) is 18.2 Å². The lowest BCUT2D eigenvalue weighted by Crippen LogP contribution is -2.28. The highest BCUT2D eigenvalue weighted by molar-refractivity contribution is 7.88. The molecule has 1 aromatic heterocycles. The van der Waals surface area contributed by atoms with Gasteiger partial charge in [0.1, 0.15) is 17.3 Å². The van der Waals surface area contributed by atoms with E-state index in [1.165, 1.54) is 54.8 Å². The molecule has 4 aromatic rings. The van der Waals surface area contributed by atoms with Gasteiger partial charge in [-0.05, 0) is 60.2 Å². The van der Waals surface area contributed by atoms with Crippen LogP contribution in [0, 0.1) is 5.82 Å². The molecule has 0 aliphatic rings. The van der Waals surface area contributed by atoms with E-state index in [9.17, 15) is 30.8 Å². The van der Waals surface area contributed by atoms with Crippen LogP contribution in [0.25, 0.3) is 20.5 Å². The summed E-state index contributed by atoms with van der Waals surface area (Å²) >= 11 is 1.30. The fourth-order valence-corrected chi connectivity index (χ4v) is 4.91. The average Bonchev–Trinajstić information content (AvgIpc) is 3.17. The molecule has 0 radical (unpaired) electrons. The lowest BCUT2D eigenvalue weighted by atomic mass is 9.97. The second-order valence-corrected chi connectivity index (χ2v) is 9.60. The minimum absolute atomic E-state index is 0.0932. The molecule has 0 saturated carbocycles. The number of ketones is 1. The van der Waals surface area contributed by atoms with Crippen molar-refractivity contribution in [1.29, 1.82) is 0 Å². The maximum atomic E-state index is 13.5. The van der Waals surface area contributed by atoms with Crippen LogP contribution in [0.4, 0.5) is 17.6 Å². The van der Waals surface area contributed by atoms with Gasteiger partial charge in [0.15, 0.2) is 5.78 Å². The number of halogens is 4. The van der Waals surface area contributed by atoms with E-state index < -0.39 is 33.0 Å². The zero-order valence-corrected chi connectivity index (χ0v) is 18.9. The predicted octanol–water partition coefficient (Wildman–Crippen LogP) is 6.18. The Morgan fingerprint density at radius 1 is 0.912 bits per heavy atom. The standard InChI is InChI=1S/C23H14F4O5S2/c1-31-17-10-11-18-19(12-17)33-22(14-2-6-15(24)7-3-14)20(18)21(28)13-4-8-16(9-5-13)32-34(29,30)23(25,26)27/h2-12H,1H3. The van der Waals surface area contributed by atoms with Crippen LogP contribution in [0.15, 0.2) is 66.7 Å². The number of carbonyl (C=O) groups excluding carboxylic acids is 1. The average molecular weight is 510 g/mol. The van der Waals surface area contributed by atoms with Crippen molar-refractivity contribution in [3.05, 3.63) is 83.7 Å². The Morgan fingerprint density at radius 2 is 1.53 bits per heavy atom. The lowest BCUT2D eigenvalue weighted by Gasteiger charge is -2.10. The van der Waals surface area contributed by atoms with Gasteiger partial charge in [0, 0.05) is 26.1 Å². The monoisotopic (exact) mass is 510 g/mol. The molecule has 0 aliphatic heterocycles. The van der Waals surface area contributed by atoms with E-state index in [4.69, 9.17) is 4.74 Å². The Labute approximate surface area is 195 Å². The largest absolute Gasteiger partial charge is 0.534 e. The van der Waals surface area contributed by atoms with Crippen LogP contribution in [0.5, 0.6) is 11.5 Å². The molecule has 4 rings (SSSR count). The first-order valence-corrected chi connectivity index (χ1v) is 11.7. The second-order valence-electron chi connectivity index (χ2n) is 7.01. The van der Waals surface area contributed by atoms with Crippen LogP contribution in [0.3, 0.4) is 0 Å². The molecular weight excluding hydrogens is 496 g/mol. The number of rotatable bonds is 6. The van der Waals surface area contributed by atoms with E-state index in [1.807, 2.05) is 0 Å². The third-order valence-electron chi connectivity index (χ3n) is 4.84. The van der Waals surface area contributed by atoms with Crippen LogP contribution in [0.1, 0.15) is 15.9 Å². The van der Waals surface area contributed by atoms with Crippen molar-refractivity contribution >= 4 is 37.3 Å². The third-order valence-corrected chi connectivity index (χ3v) is 7.02. The summed E-state index contributed by atoms with van der Waals surface area (Å²) in [5.74, 6) is -0.914. The first-order chi connectivity index (χ1) is 16.0. The van der Waals surface area contributed by atoms with Crippen molar-refractivity contribution in [3.8, 4) is 21.9 Å². The van der Waals surface area contributed by atoms with Crippen LogP contribution < -0.4 is 8.92 Å². The Kier molecular flexibility index (Phi) is 6.09.